The van der Waals surface area contributed by atoms with Gasteiger partial charge in [-0.15, -0.1) is 0 Å². The third-order valence-corrected chi connectivity index (χ3v) is 6.54. The zero-order chi connectivity index (χ0) is 21.1. The van der Waals surface area contributed by atoms with Crippen molar-refractivity contribution in [3.05, 3.63) is 102 Å². The van der Waals surface area contributed by atoms with Crippen molar-refractivity contribution in [2.45, 2.75) is 12.8 Å². The summed E-state index contributed by atoms with van der Waals surface area (Å²) >= 11 is 0. The minimum atomic E-state index is 0.930. The van der Waals surface area contributed by atoms with E-state index in [4.69, 9.17) is 4.42 Å². The lowest BCUT2D eigenvalue weighted by Crippen LogP contribution is -2.01. The normalized spacial score (nSPS) is 13.2. The summed E-state index contributed by atoms with van der Waals surface area (Å²) < 4.78 is 8.31. The Morgan fingerprint density at radius 1 is 0.750 bits per heavy atom. The topological polar surface area (TPSA) is 31.0 Å². The average molecular weight is 412 g/mol. The van der Waals surface area contributed by atoms with E-state index in [2.05, 4.69) is 76.3 Å². The van der Waals surface area contributed by atoms with Gasteiger partial charge >= 0.3 is 0 Å². The molecule has 0 radical (unpaired) electrons. The first kappa shape index (κ1) is 17.6. The molecule has 6 aromatic rings. The van der Waals surface area contributed by atoms with Crippen molar-refractivity contribution in [1.29, 1.82) is 0 Å². The van der Waals surface area contributed by atoms with Gasteiger partial charge in [-0.25, -0.2) is 4.98 Å². The summed E-state index contributed by atoms with van der Waals surface area (Å²) in [5, 5.41) is 3.63. The second-order valence-electron chi connectivity index (χ2n) is 8.37. The molecule has 3 aromatic heterocycles. The second-order valence-corrected chi connectivity index (χ2v) is 8.37. The zero-order valence-corrected chi connectivity index (χ0v) is 17.5. The van der Waals surface area contributed by atoms with Gasteiger partial charge in [0.15, 0.2) is 0 Å². The molecule has 0 saturated heterocycles. The number of rotatable bonds is 2. The van der Waals surface area contributed by atoms with E-state index in [1.165, 1.54) is 33.3 Å². The van der Waals surface area contributed by atoms with Gasteiger partial charge in [0.1, 0.15) is 17.0 Å². The molecule has 1 aliphatic rings. The van der Waals surface area contributed by atoms with Crippen molar-refractivity contribution < 1.29 is 4.42 Å². The first-order valence-corrected chi connectivity index (χ1v) is 11.0. The van der Waals surface area contributed by atoms with Gasteiger partial charge in [0, 0.05) is 22.4 Å². The first-order valence-electron chi connectivity index (χ1n) is 11.0. The summed E-state index contributed by atoms with van der Waals surface area (Å²) in [6, 6.07) is 27.6. The number of allylic oxidation sites excluding steroid dienone is 1. The lowest BCUT2D eigenvalue weighted by molar-refractivity contribution is 0.669. The lowest BCUT2D eigenvalue weighted by atomic mass is 9.97. The molecule has 0 spiro atoms. The summed E-state index contributed by atoms with van der Waals surface area (Å²) in [5.74, 6) is 0.962. The number of hydrogen-bond donors (Lipinski definition) is 0. The van der Waals surface area contributed by atoms with Gasteiger partial charge < -0.3 is 4.42 Å². The van der Waals surface area contributed by atoms with E-state index in [9.17, 15) is 0 Å². The van der Waals surface area contributed by atoms with Crippen LogP contribution < -0.4 is 0 Å². The highest BCUT2D eigenvalue weighted by Crippen LogP contribution is 2.37. The van der Waals surface area contributed by atoms with E-state index in [0.29, 0.717) is 0 Å². The fourth-order valence-corrected chi connectivity index (χ4v) is 5.05. The summed E-state index contributed by atoms with van der Waals surface area (Å²) in [5.41, 5.74) is 8.15. The first-order chi connectivity index (χ1) is 15.9. The molecule has 3 nitrogen and oxygen atoms in total. The number of para-hydroxylation sites is 1. The monoisotopic (exact) mass is 412 g/mol. The van der Waals surface area contributed by atoms with Gasteiger partial charge in [-0.05, 0) is 78.1 Å². The van der Waals surface area contributed by atoms with E-state index in [-0.39, 0.29) is 0 Å². The summed E-state index contributed by atoms with van der Waals surface area (Å²) in [7, 11) is 0. The highest BCUT2D eigenvalue weighted by Gasteiger charge is 2.19. The molecule has 7 rings (SSSR count). The Morgan fingerprint density at radius 3 is 2.47 bits per heavy atom. The maximum absolute atomic E-state index is 6.02. The van der Waals surface area contributed by atoms with Crippen molar-refractivity contribution in [3.63, 3.8) is 0 Å². The van der Waals surface area contributed by atoms with Gasteiger partial charge in [-0.2, -0.15) is 0 Å². The Hall–Kier alpha value is -4.11. The summed E-state index contributed by atoms with van der Waals surface area (Å²) in [6.07, 6.45) is 8.50. The van der Waals surface area contributed by atoms with Gasteiger partial charge in [0.05, 0.1) is 11.2 Å². The van der Waals surface area contributed by atoms with Crippen LogP contribution in [0, 0.1) is 0 Å². The van der Waals surface area contributed by atoms with Crippen LogP contribution in [0.15, 0.2) is 95.6 Å². The largest absolute Gasteiger partial charge is 0.456 e. The van der Waals surface area contributed by atoms with E-state index in [0.717, 1.165) is 40.6 Å². The molecule has 1 aliphatic carbocycles. The molecule has 152 valence electrons. The van der Waals surface area contributed by atoms with Crippen LogP contribution in [0.2, 0.25) is 0 Å². The molecule has 0 fully saturated rings. The van der Waals surface area contributed by atoms with Crippen LogP contribution in [-0.4, -0.2) is 9.55 Å². The van der Waals surface area contributed by atoms with Crippen LogP contribution in [-0.2, 0) is 6.42 Å². The number of aromatic nitrogens is 2. The third-order valence-electron chi connectivity index (χ3n) is 6.54. The molecule has 0 bridgehead atoms. The molecule has 0 unspecified atom stereocenters. The molecule has 0 atom stereocenters. The number of hydrogen-bond acceptors (Lipinski definition) is 2. The Morgan fingerprint density at radius 2 is 1.56 bits per heavy atom. The molecule has 0 amide bonds. The highest BCUT2D eigenvalue weighted by atomic mass is 16.3. The van der Waals surface area contributed by atoms with Crippen LogP contribution in [0.4, 0.5) is 0 Å². The van der Waals surface area contributed by atoms with E-state index < -0.39 is 0 Å². The number of fused-ring (bicyclic) bond motifs is 6. The summed E-state index contributed by atoms with van der Waals surface area (Å²) in [4.78, 5) is 4.64. The van der Waals surface area contributed by atoms with Gasteiger partial charge in [-0.3, -0.25) is 4.57 Å². The zero-order valence-electron chi connectivity index (χ0n) is 17.5. The number of nitrogens with zero attached hydrogens (tertiary/aromatic N) is 2. The van der Waals surface area contributed by atoms with Crippen molar-refractivity contribution in [3.8, 4) is 16.9 Å². The lowest BCUT2D eigenvalue weighted by Gasteiger charge is -2.10. The predicted octanol–water partition coefficient (Wildman–Crippen LogP) is 7.55. The number of pyridine rings is 1. The smallest absolute Gasteiger partial charge is 0.137 e. The molecule has 0 N–H and O–H groups in total. The fourth-order valence-electron chi connectivity index (χ4n) is 5.05. The second kappa shape index (κ2) is 6.69. The van der Waals surface area contributed by atoms with E-state index in [1.807, 2.05) is 30.5 Å². The Bertz CT molecular complexity index is 1670. The number of benzene rings is 3. The number of aryl methyl sites for hydroxylation is 1. The van der Waals surface area contributed by atoms with Crippen molar-refractivity contribution in [2.24, 2.45) is 0 Å². The van der Waals surface area contributed by atoms with Crippen LogP contribution in [0.1, 0.15) is 17.7 Å². The maximum atomic E-state index is 6.02. The van der Waals surface area contributed by atoms with Crippen LogP contribution >= 0.6 is 0 Å². The standard InChI is InChI=1S/C29H20N2O/c1-3-9-25-21(7-1)23-17-19(12-14-26(23)31(25)29-11-5-6-16-30-29)20-13-15-28-24(18-20)22-8-2-4-10-27(22)32-28/h2-6,8-18H,1,7H2. The van der Waals surface area contributed by atoms with E-state index in [1.54, 1.807) is 0 Å². The molecule has 3 heteroatoms. The molecule has 0 saturated carbocycles. The maximum Gasteiger partial charge on any atom is 0.137 e. The van der Waals surface area contributed by atoms with Crippen LogP contribution in [0.5, 0.6) is 0 Å². The average Bonchev–Trinajstić information content (AvgIpc) is 3.39. The van der Waals surface area contributed by atoms with Gasteiger partial charge in [0.25, 0.3) is 0 Å². The van der Waals surface area contributed by atoms with Crippen molar-refractivity contribution >= 4 is 38.9 Å². The quantitative estimate of drug-likeness (QED) is 0.294. The number of furan rings is 1. The molecular formula is C29H20N2O. The fraction of sp³-hybridized carbons (Fsp3) is 0.0690. The van der Waals surface area contributed by atoms with Gasteiger partial charge in [0.2, 0.25) is 0 Å². The molecule has 32 heavy (non-hydrogen) atoms. The molecule has 3 aromatic carbocycles. The third kappa shape index (κ3) is 2.51. The molecule has 0 aliphatic heterocycles. The van der Waals surface area contributed by atoms with Crippen LogP contribution in [0.3, 0.4) is 0 Å². The minimum absolute atomic E-state index is 0.930. The SMILES string of the molecule is C1=Cc2c(c3cc(-c4ccc5oc6ccccc6c5c4)ccc3n2-c2ccccn2)CC1. The van der Waals surface area contributed by atoms with Crippen molar-refractivity contribution in [2.75, 3.05) is 0 Å². The summed E-state index contributed by atoms with van der Waals surface area (Å²) in [6.45, 7) is 0. The van der Waals surface area contributed by atoms with E-state index >= 15 is 0 Å². The molecular weight excluding hydrogens is 392 g/mol. The minimum Gasteiger partial charge on any atom is -0.456 e. The van der Waals surface area contributed by atoms with Crippen molar-refractivity contribution in [1.82, 2.24) is 9.55 Å². The van der Waals surface area contributed by atoms with Gasteiger partial charge in [-0.1, -0.05) is 42.5 Å². The predicted molar refractivity (Wildman–Crippen MR) is 131 cm³/mol. The van der Waals surface area contributed by atoms with Crippen LogP contribution in [0.25, 0.3) is 55.9 Å². The molecule has 3 heterocycles. The highest BCUT2D eigenvalue weighted by molar-refractivity contribution is 6.06. The Balaban J connectivity index is 1.46. The Kier molecular flexibility index (Phi) is 3.67. The Labute approximate surface area is 185 Å².